The van der Waals surface area contributed by atoms with Crippen LogP contribution in [0.15, 0.2) is 29.1 Å². The third-order valence-electron chi connectivity index (χ3n) is 4.44. The lowest BCUT2D eigenvalue weighted by atomic mass is 10.0. The number of rotatable bonds is 6. The molecule has 142 valence electrons. The molecule has 0 spiro atoms. The van der Waals surface area contributed by atoms with Gasteiger partial charge in [-0.15, -0.1) is 11.3 Å². The predicted molar refractivity (Wildman–Crippen MR) is 105 cm³/mol. The number of benzene rings is 1. The highest BCUT2D eigenvalue weighted by atomic mass is 32.1. The lowest BCUT2D eigenvalue weighted by molar-refractivity contribution is -0.137. The highest BCUT2D eigenvalue weighted by molar-refractivity contribution is 7.19. The molecule has 5 nitrogen and oxygen atoms in total. The topological polar surface area (TPSA) is 72.2 Å². The van der Waals surface area contributed by atoms with Gasteiger partial charge in [0.15, 0.2) is 0 Å². The maximum atomic E-state index is 13.3. The van der Waals surface area contributed by atoms with Crippen LogP contribution in [0, 0.1) is 12.7 Å². The maximum absolute atomic E-state index is 13.3. The molecule has 0 fully saturated rings. The molecule has 0 unspecified atom stereocenters. The summed E-state index contributed by atoms with van der Waals surface area (Å²) in [5.41, 5.74) is 1.38. The molecule has 0 saturated heterocycles. The molecule has 0 atom stereocenters. The fourth-order valence-corrected chi connectivity index (χ4v) is 4.26. The van der Waals surface area contributed by atoms with Gasteiger partial charge in [0.2, 0.25) is 0 Å². The average Bonchev–Trinajstić information content (AvgIpc) is 2.93. The molecule has 0 aliphatic rings. The minimum atomic E-state index is -0.887. The number of fused-ring (bicyclic) bond motifs is 1. The average molecular weight is 388 g/mol. The number of hydrogen-bond donors (Lipinski definition) is 1. The van der Waals surface area contributed by atoms with Crippen molar-refractivity contribution in [3.63, 3.8) is 0 Å². The second-order valence-corrected chi connectivity index (χ2v) is 8.00. The van der Waals surface area contributed by atoms with Gasteiger partial charge in [-0.3, -0.25) is 14.2 Å². The highest BCUT2D eigenvalue weighted by Gasteiger charge is 2.21. The third kappa shape index (κ3) is 3.78. The van der Waals surface area contributed by atoms with Gasteiger partial charge in [-0.05, 0) is 31.0 Å². The van der Waals surface area contributed by atoms with Crippen molar-refractivity contribution in [3.05, 3.63) is 51.1 Å². The number of carboxylic acids is 1. The van der Waals surface area contributed by atoms with Crippen molar-refractivity contribution >= 4 is 27.5 Å². The first-order chi connectivity index (χ1) is 12.8. The molecule has 0 saturated carbocycles. The number of aromatic nitrogens is 2. The van der Waals surface area contributed by atoms with Crippen LogP contribution >= 0.6 is 11.3 Å². The Morgan fingerprint density at radius 2 is 1.96 bits per heavy atom. The number of nitrogens with zero attached hydrogens (tertiary/aromatic N) is 2. The molecular formula is C20H21FN2O3S. The zero-order valence-corrected chi connectivity index (χ0v) is 16.3. The monoisotopic (exact) mass is 388 g/mol. The SMILES string of the molecule is Cc1sc2nc(C(C)C)n(CCCC(=O)O)c(=O)c2c1-c1ccc(F)cc1. The quantitative estimate of drug-likeness (QED) is 0.672. The largest absolute Gasteiger partial charge is 0.481 e. The predicted octanol–water partition coefficient (Wildman–Crippen LogP) is 4.56. The van der Waals surface area contributed by atoms with Gasteiger partial charge in [-0.2, -0.15) is 0 Å². The molecule has 0 radical (unpaired) electrons. The van der Waals surface area contributed by atoms with Crippen LogP contribution < -0.4 is 5.56 Å². The second-order valence-electron chi connectivity index (χ2n) is 6.80. The first-order valence-corrected chi connectivity index (χ1v) is 9.62. The van der Waals surface area contributed by atoms with E-state index in [4.69, 9.17) is 10.1 Å². The Morgan fingerprint density at radius 1 is 1.30 bits per heavy atom. The van der Waals surface area contributed by atoms with E-state index in [-0.39, 0.29) is 23.7 Å². The molecular weight excluding hydrogens is 367 g/mol. The number of carbonyl (C=O) groups is 1. The molecule has 0 amide bonds. The number of hydrogen-bond acceptors (Lipinski definition) is 4. The molecule has 3 aromatic rings. The van der Waals surface area contributed by atoms with Crippen molar-refractivity contribution in [1.29, 1.82) is 0 Å². The second kappa shape index (κ2) is 7.60. The third-order valence-corrected chi connectivity index (χ3v) is 5.44. The number of thiophene rings is 1. The minimum Gasteiger partial charge on any atom is -0.481 e. The standard InChI is InChI=1S/C20H21FN2O3S/c1-11(2)18-22-19-17(20(26)23(18)10-4-5-15(24)25)16(12(3)27-19)13-6-8-14(21)9-7-13/h6-9,11H,4-5,10H2,1-3H3,(H,24,25). The van der Waals surface area contributed by atoms with E-state index in [2.05, 4.69) is 0 Å². The molecule has 0 aliphatic carbocycles. The summed E-state index contributed by atoms with van der Waals surface area (Å²) in [5.74, 6) is -0.530. The van der Waals surface area contributed by atoms with E-state index in [0.29, 0.717) is 29.0 Å². The van der Waals surface area contributed by atoms with Crippen LogP contribution in [0.25, 0.3) is 21.3 Å². The van der Waals surface area contributed by atoms with Crippen molar-refractivity contribution in [1.82, 2.24) is 9.55 Å². The Morgan fingerprint density at radius 3 is 2.56 bits per heavy atom. The molecule has 0 bridgehead atoms. The van der Waals surface area contributed by atoms with Crippen LogP contribution in [0.2, 0.25) is 0 Å². The van der Waals surface area contributed by atoms with Gasteiger partial charge in [0.05, 0.1) is 5.39 Å². The first kappa shape index (κ1) is 19.2. The number of aliphatic carboxylic acids is 1. The van der Waals surface area contributed by atoms with Crippen LogP contribution in [-0.2, 0) is 11.3 Å². The minimum absolute atomic E-state index is 0.00447. The van der Waals surface area contributed by atoms with E-state index in [1.807, 2.05) is 20.8 Å². The summed E-state index contributed by atoms with van der Waals surface area (Å²) in [5, 5.41) is 9.42. The molecule has 1 N–H and O–H groups in total. The van der Waals surface area contributed by atoms with Gasteiger partial charge < -0.3 is 5.11 Å². The van der Waals surface area contributed by atoms with Crippen molar-refractivity contribution in [3.8, 4) is 11.1 Å². The summed E-state index contributed by atoms with van der Waals surface area (Å²) in [6.45, 7) is 6.15. The van der Waals surface area contributed by atoms with E-state index in [1.54, 1.807) is 16.7 Å². The summed E-state index contributed by atoms with van der Waals surface area (Å²) in [6, 6.07) is 6.07. The highest BCUT2D eigenvalue weighted by Crippen LogP contribution is 2.36. The van der Waals surface area contributed by atoms with Crippen LogP contribution in [-0.4, -0.2) is 20.6 Å². The van der Waals surface area contributed by atoms with Crippen LogP contribution in [0.1, 0.15) is 43.3 Å². The van der Waals surface area contributed by atoms with E-state index in [0.717, 1.165) is 16.0 Å². The number of aryl methyl sites for hydroxylation is 1. The van der Waals surface area contributed by atoms with Crippen molar-refractivity contribution in [2.24, 2.45) is 0 Å². The molecule has 7 heteroatoms. The normalized spacial score (nSPS) is 11.4. The lowest BCUT2D eigenvalue weighted by Gasteiger charge is -2.15. The van der Waals surface area contributed by atoms with Crippen molar-refractivity contribution in [2.45, 2.75) is 46.1 Å². The van der Waals surface area contributed by atoms with Gasteiger partial charge in [0, 0.05) is 29.3 Å². The van der Waals surface area contributed by atoms with E-state index in [1.165, 1.54) is 23.5 Å². The molecule has 2 heterocycles. The Balaban J connectivity index is 2.22. The zero-order chi connectivity index (χ0) is 19.7. The fraction of sp³-hybridized carbons (Fsp3) is 0.350. The van der Waals surface area contributed by atoms with Gasteiger partial charge in [-0.1, -0.05) is 26.0 Å². The van der Waals surface area contributed by atoms with Crippen molar-refractivity contribution < 1.29 is 14.3 Å². The Kier molecular flexibility index (Phi) is 5.41. The molecule has 0 aliphatic heterocycles. The maximum Gasteiger partial charge on any atom is 0.303 e. The van der Waals surface area contributed by atoms with Crippen LogP contribution in [0.5, 0.6) is 0 Å². The zero-order valence-electron chi connectivity index (χ0n) is 15.5. The van der Waals surface area contributed by atoms with Gasteiger partial charge >= 0.3 is 5.97 Å². The lowest BCUT2D eigenvalue weighted by Crippen LogP contribution is -2.26. The summed E-state index contributed by atoms with van der Waals surface area (Å²) in [7, 11) is 0. The van der Waals surface area contributed by atoms with Gasteiger partial charge in [0.1, 0.15) is 16.5 Å². The number of carboxylic acid groups (broad SMARTS) is 1. The fourth-order valence-electron chi connectivity index (χ4n) is 3.22. The van der Waals surface area contributed by atoms with Crippen molar-refractivity contribution in [2.75, 3.05) is 0 Å². The van der Waals surface area contributed by atoms with E-state index >= 15 is 0 Å². The van der Waals surface area contributed by atoms with Gasteiger partial charge in [0.25, 0.3) is 5.56 Å². The Hall–Kier alpha value is -2.54. The molecule has 2 aromatic heterocycles. The van der Waals surface area contributed by atoms with Gasteiger partial charge in [-0.25, -0.2) is 9.37 Å². The molecule has 27 heavy (non-hydrogen) atoms. The van der Waals surface area contributed by atoms with Crippen LogP contribution in [0.3, 0.4) is 0 Å². The smallest absolute Gasteiger partial charge is 0.303 e. The number of halogens is 1. The summed E-state index contributed by atoms with van der Waals surface area (Å²) in [6.07, 6.45) is 0.354. The molecule has 3 rings (SSSR count). The Labute approximate surface area is 160 Å². The first-order valence-electron chi connectivity index (χ1n) is 8.81. The molecule has 1 aromatic carbocycles. The Bertz CT molecular complexity index is 1050. The summed E-state index contributed by atoms with van der Waals surface area (Å²) < 4.78 is 14.9. The summed E-state index contributed by atoms with van der Waals surface area (Å²) in [4.78, 5) is 30.5. The van der Waals surface area contributed by atoms with E-state index < -0.39 is 5.97 Å². The van der Waals surface area contributed by atoms with Crippen LogP contribution in [0.4, 0.5) is 4.39 Å². The summed E-state index contributed by atoms with van der Waals surface area (Å²) >= 11 is 1.45. The van der Waals surface area contributed by atoms with E-state index in [9.17, 15) is 14.0 Å².